The normalized spacial score (nSPS) is 24.7. The number of hydrogen-bond acceptors (Lipinski definition) is 2. The summed E-state index contributed by atoms with van der Waals surface area (Å²) in [7, 11) is 2.06. The predicted molar refractivity (Wildman–Crippen MR) is 65.4 cm³/mol. The molecule has 1 aliphatic rings. The van der Waals surface area contributed by atoms with Crippen molar-refractivity contribution in [1.82, 2.24) is 14.9 Å². The van der Waals surface area contributed by atoms with Crippen molar-refractivity contribution in [3.8, 4) is 0 Å². The zero-order valence-electron chi connectivity index (χ0n) is 9.99. The number of benzene rings is 1. The van der Waals surface area contributed by atoms with Crippen LogP contribution in [0.25, 0.3) is 11.0 Å². The third kappa shape index (κ3) is 1.28. The van der Waals surface area contributed by atoms with Gasteiger partial charge < -0.3 is 9.88 Å². The summed E-state index contributed by atoms with van der Waals surface area (Å²) in [5, 5.41) is 3.46. The summed E-state index contributed by atoms with van der Waals surface area (Å²) in [6, 6.07) is 7.14. The fraction of sp³-hybridized carbons (Fsp3) is 0.462. The van der Waals surface area contributed by atoms with Crippen LogP contribution >= 0.6 is 0 Å². The summed E-state index contributed by atoms with van der Waals surface area (Å²) in [4.78, 5) is 4.57. The molecule has 0 saturated carbocycles. The van der Waals surface area contributed by atoms with Gasteiger partial charge in [0.15, 0.2) is 0 Å². The van der Waals surface area contributed by atoms with Crippen LogP contribution in [0.5, 0.6) is 0 Å². The molecule has 0 spiro atoms. The molecule has 3 nitrogen and oxygen atoms in total. The van der Waals surface area contributed by atoms with Crippen LogP contribution < -0.4 is 5.32 Å². The van der Waals surface area contributed by atoms with E-state index in [9.17, 15) is 0 Å². The summed E-state index contributed by atoms with van der Waals surface area (Å²) in [5.74, 6) is 1.81. The summed E-state index contributed by atoms with van der Waals surface area (Å²) in [6.45, 7) is 5.46. The zero-order valence-corrected chi connectivity index (χ0v) is 9.99. The number of aromatic nitrogens is 2. The van der Waals surface area contributed by atoms with Crippen molar-refractivity contribution >= 4 is 11.0 Å². The molecule has 1 saturated heterocycles. The fourth-order valence-electron chi connectivity index (χ4n) is 2.45. The second kappa shape index (κ2) is 3.32. The number of hydrogen-bond donors (Lipinski definition) is 1. The third-order valence-corrected chi connectivity index (χ3v) is 3.72. The lowest BCUT2D eigenvalue weighted by Gasteiger charge is -2.35. The van der Waals surface area contributed by atoms with Crippen LogP contribution in [-0.4, -0.2) is 16.1 Å². The van der Waals surface area contributed by atoms with Gasteiger partial charge in [-0.15, -0.1) is 0 Å². The van der Waals surface area contributed by atoms with E-state index in [1.165, 1.54) is 11.1 Å². The zero-order chi connectivity index (χ0) is 11.3. The summed E-state index contributed by atoms with van der Waals surface area (Å²) in [5.41, 5.74) is 3.69. The topological polar surface area (TPSA) is 29.9 Å². The smallest absolute Gasteiger partial charge is 0.106 e. The lowest BCUT2D eigenvalue weighted by atomic mass is 9.87. The molecule has 3 heteroatoms. The Balaban J connectivity index is 2.09. The Morgan fingerprint density at radius 3 is 2.88 bits per heavy atom. The quantitative estimate of drug-likeness (QED) is 0.790. The molecule has 1 N–H and O–H groups in total. The Labute approximate surface area is 95.5 Å². The van der Waals surface area contributed by atoms with Gasteiger partial charge in [-0.3, -0.25) is 0 Å². The number of nitrogens with zero attached hydrogens (tertiary/aromatic N) is 2. The summed E-state index contributed by atoms with van der Waals surface area (Å²) >= 11 is 0. The molecule has 1 fully saturated rings. The predicted octanol–water partition coefficient (Wildman–Crippen LogP) is 2.16. The Morgan fingerprint density at radius 1 is 1.44 bits per heavy atom. The lowest BCUT2D eigenvalue weighted by molar-refractivity contribution is 0.258. The van der Waals surface area contributed by atoms with Crippen LogP contribution in [0.1, 0.15) is 24.4 Å². The Morgan fingerprint density at radius 2 is 2.25 bits per heavy atom. The highest BCUT2D eigenvalue weighted by molar-refractivity contribution is 5.77. The SMILES string of the molecule is Cc1nc2cc(C3NCC3C)ccc2n1C. The molecule has 2 atom stereocenters. The van der Waals surface area contributed by atoms with Gasteiger partial charge in [0.2, 0.25) is 0 Å². The van der Waals surface area contributed by atoms with E-state index >= 15 is 0 Å². The molecule has 1 aliphatic heterocycles. The largest absolute Gasteiger partial charge is 0.331 e. The monoisotopic (exact) mass is 215 g/mol. The van der Waals surface area contributed by atoms with E-state index in [0.29, 0.717) is 6.04 Å². The number of fused-ring (bicyclic) bond motifs is 1. The molecule has 2 heterocycles. The molecule has 2 aromatic rings. The highest BCUT2D eigenvalue weighted by Crippen LogP contribution is 2.30. The number of nitrogens with one attached hydrogen (secondary N) is 1. The van der Waals surface area contributed by atoms with Gasteiger partial charge in [0.05, 0.1) is 11.0 Å². The minimum atomic E-state index is 0.520. The molecular formula is C13H17N3. The van der Waals surface area contributed by atoms with Crippen LogP contribution in [0.2, 0.25) is 0 Å². The van der Waals surface area contributed by atoms with Crippen molar-refractivity contribution in [2.75, 3.05) is 6.54 Å². The van der Waals surface area contributed by atoms with Crippen LogP contribution in [0.3, 0.4) is 0 Å². The molecule has 2 unspecified atom stereocenters. The third-order valence-electron chi connectivity index (χ3n) is 3.72. The van der Waals surface area contributed by atoms with Crippen molar-refractivity contribution in [1.29, 1.82) is 0 Å². The standard InChI is InChI=1S/C13H17N3/c1-8-7-14-13(8)10-4-5-12-11(6-10)15-9(2)16(12)3/h4-6,8,13-14H,7H2,1-3H3. The van der Waals surface area contributed by atoms with Gasteiger partial charge in [-0.05, 0) is 30.5 Å². The van der Waals surface area contributed by atoms with Gasteiger partial charge in [0.25, 0.3) is 0 Å². The average molecular weight is 215 g/mol. The van der Waals surface area contributed by atoms with Crippen molar-refractivity contribution < 1.29 is 0 Å². The fourth-order valence-corrected chi connectivity index (χ4v) is 2.45. The molecule has 16 heavy (non-hydrogen) atoms. The van der Waals surface area contributed by atoms with Gasteiger partial charge in [0.1, 0.15) is 5.82 Å². The highest BCUT2D eigenvalue weighted by Gasteiger charge is 2.27. The average Bonchev–Trinajstić information content (AvgIpc) is 2.53. The molecule has 0 bridgehead atoms. The molecule has 0 radical (unpaired) electrons. The van der Waals surface area contributed by atoms with E-state index in [0.717, 1.165) is 23.8 Å². The van der Waals surface area contributed by atoms with Crippen molar-refractivity contribution in [2.45, 2.75) is 19.9 Å². The number of aryl methyl sites for hydroxylation is 2. The van der Waals surface area contributed by atoms with Crippen LogP contribution in [0.4, 0.5) is 0 Å². The molecule has 84 valence electrons. The van der Waals surface area contributed by atoms with E-state index in [4.69, 9.17) is 0 Å². The van der Waals surface area contributed by atoms with Crippen LogP contribution in [0, 0.1) is 12.8 Å². The van der Waals surface area contributed by atoms with E-state index in [-0.39, 0.29) is 0 Å². The van der Waals surface area contributed by atoms with Crippen molar-refractivity contribution in [3.05, 3.63) is 29.6 Å². The molecule has 0 aliphatic carbocycles. The van der Waals surface area contributed by atoms with Gasteiger partial charge in [-0.1, -0.05) is 13.0 Å². The molecule has 1 aromatic carbocycles. The Hall–Kier alpha value is -1.35. The second-order valence-electron chi connectivity index (χ2n) is 4.83. The van der Waals surface area contributed by atoms with Crippen molar-refractivity contribution in [2.24, 2.45) is 13.0 Å². The van der Waals surface area contributed by atoms with Crippen molar-refractivity contribution in [3.63, 3.8) is 0 Å². The second-order valence-corrected chi connectivity index (χ2v) is 4.83. The van der Waals surface area contributed by atoms with Gasteiger partial charge in [-0.25, -0.2) is 4.98 Å². The van der Waals surface area contributed by atoms with Gasteiger partial charge in [-0.2, -0.15) is 0 Å². The van der Waals surface area contributed by atoms with E-state index in [2.05, 4.69) is 47.0 Å². The molecule has 0 amide bonds. The molecular weight excluding hydrogens is 198 g/mol. The van der Waals surface area contributed by atoms with Crippen LogP contribution in [0.15, 0.2) is 18.2 Å². The molecule has 3 rings (SSSR count). The minimum Gasteiger partial charge on any atom is -0.331 e. The van der Waals surface area contributed by atoms with Crippen LogP contribution in [-0.2, 0) is 7.05 Å². The first kappa shape index (κ1) is 9.85. The lowest BCUT2D eigenvalue weighted by Crippen LogP contribution is -2.43. The maximum atomic E-state index is 4.57. The summed E-state index contributed by atoms with van der Waals surface area (Å²) < 4.78 is 2.14. The molecule has 1 aromatic heterocycles. The maximum Gasteiger partial charge on any atom is 0.106 e. The maximum absolute atomic E-state index is 4.57. The van der Waals surface area contributed by atoms with E-state index in [1.54, 1.807) is 0 Å². The Kier molecular flexibility index (Phi) is 2.04. The van der Waals surface area contributed by atoms with E-state index < -0.39 is 0 Å². The van der Waals surface area contributed by atoms with Gasteiger partial charge in [0, 0.05) is 19.6 Å². The van der Waals surface area contributed by atoms with Gasteiger partial charge >= 0.3 is 0 Å². The number of imidazole rings is 1. The Bertz CT molecular complexity index is 541. The summed E-state index contributed by atoms with van der Waals surface area (Å²) in [6.07, 6.45) is 0. The highest BCUT2D eigenvalue weighted by atomic mass is 15.1. The first-order valence-corrected chi connectivity index (χ1v) is 5.83. The minimum absolute atomic E-state index is 0.520. The number of rotatable bonds is 1. The van der Waals surface area contributed by atoms with E-state index in [1.807, 2.05) is 6.92 Å². The first-order valence-electron chi connectivity index (χ1n) is 5.83. The first-order chi connectivity index (χ1) is 7.66.